The molecular formula is C13H20O. The molecule has 0 unspecified atom stereocenters. The topological polar surface area (TPSA) is 20.2 Å². The molecule has 0 heterocycles. The van der Waals surface area contributed by atoms with Gasteiger partial charge in [-0.15, -0.1) is 0 Å². The van der Waals surface area contributed by atoms with Crippen LogP contribution in [0.2, 0.25) is 0 Å². The van der Waals surface area contributed by atoms with Crippen molar-refractivity contribution >= 4 is 0 Å². The predicted octanol–water partition coefficient (Wildman–Crippen LogP) is 2.44. The summed E-state index contributed by atoms with van der Waals surface area (Å²) in [6.45, 7) is 2.99. The Kier molecular flexibility index (Phi) is 1.20. The van der Waals surface area contributed by atoms with E-state index in [1.54, 1.807) is 0 Å². The number of aliphatic hydroxyl groups is 1. The quantitative estimate of drug-likeness (QED) is 0.676. The summed E-state index contributed by atoms with van der Waals surface area (Å²) in [5.41, 5.74) is 1.09. The van der Waals surface area contributed by atoms with Gasteiger partial charge >= 0.3 is 0 Å². The smallest absolute Gasteiger partial charge is 0.0493 e. The number of rotatable bonds is 1. The highest BCUT2D eigenvalue weighted by Gasteiger charge is 2.78. The van der Waals surface area contributed by atoms with E-state index in [9.17, 15) is 5.11 Å². The maximum Gasteiger partial charge on any atom is 0.0493 e. The van der Waals surface area contributed by atoms with Crippen LogP contribution in [-0.4, -0.2) is 11.7 Å². The first-order valence-corrected chi connectivity index (χ1v) is 6.33. The van der Waals surface area contributed by atoms with Crippen molar-refractivity contribution in [3.63, 3.8) is 0 Å². The molecule has 0 aromatic heterocycles. The molecule has 0 aromatic rings. The first kappa shape index (κ1) is 8.15. The fraction of sp³-hybridized carbons (Fsp3) is 1.00. The summed E-state index contributed by atoms with van der Waals surface area (Å²) in [6.07, 6.45) is 7.17. The Hall–Kier alpha value is -0.0400. The molecule has 4 saturated carbocycles. The highest BCUT2D eigenvalue weighted by molar-refractivity contribution is 5.26. The van der Waals surface area contributed by atoms with E-state index in [1.165, 1.54) is 32.1 Å². The summed E-state index contributed by atoms with van der Waals surface area (Å²) in [5.74, 6) is 3.84. The van der Waals surface area contributed by atoms with Crippen molar-refractivity contribution in [3.05, 3.63) is 0 Å². The van der Waals surface area contributed by atoms with E-state index in [0.717, 1.165) is 23.7 Å². The minimum atomic E-state index is 0.416. The van der Waals surface area contributed by atoms with Crippen LogP contribution in [0.15, 0.2) is 0 Å². The lowest BCUT2D eigenvalue weighted by atomic mass is 9.46. The van der Waals surface area contributed by atoms with Crippen LogP contribution in [0, 0.1) is 34.5 Å². The Morgan fingerprint density at radius 3 is 2.93 bits per heavy atom. The van der Waals surface area contributed by atoms with Crippen molar-refractivity contribution in [2.45, 2.75) is 39.0 Å². The minimum absolute atomic E-state index is 0.416. The third kappa shape index (κ3) is 0.599. The average molecular weight is 192 g/mol. The van der Waals surface area contributed by atoms with Gasteiger partial charge in [-0.3, -0.25) is 0 Å². The van der Waals surface area contributed by atoms with Crippen molar-refractivity contribution in [2.24, 2.45) is 34.5 Å². The molecular weight excluding hydrogens is 172 g/mol. The lowest BCUT2D eigenvalue weighted by Gasteiger charge is -2.59. The molecule has 0 saturated heterocycles. The van der Waals surface area contributed by atoms with Gasteiger partial charge in [0.1, 0.15) is 0 Å². The van der Waals surface area contributed by atoms with Gasteiger partial charge in [0, 0.05) is 12.0 Å². The van der Waals surface area contributed by atoms with Crippen LogP contribution in [0.25, 0.3) is 0 Å². The van der Waals surface area contributed by atoms with Gasteiger partial charge in [0.05, 0.1) is 0 Å². The molecule has 0 amide bonds. The van der Waals surface area contributed by atoms with Gasteiger partial charge in [0.15, 0.2) is 0 Å². The van der Waals surface area contributed by atoms with Crippen molar-refractivity contribution in [1.29, 1.82) is 0 Å². The van der Waals surface area contributed by atoms with E-state index in [0.29, 0.717) is 17.4 Å². The van der Waals surface area contributed by atoms with E-state index in [2.05, 4.69) is 6.92 Å². The number of hydrogen-bond acceptors (Lipinski definition) is 1. The number of fused-ring (bicyclic) bond motifs is 6. The molecule has 0 spiro atoms. The van der Waals surface area contributed by atoms with Crippen molar-refractivity contribution in [1.82, 2.24) is 0 Å². The summed E-state index contributed by atoms with van der Waals surface area (Å²) in [5, 5.41) is 9.75. The van der Waals surface area contributed by atoms with Crippen LogP contribution in [0.5, 0.6) is 0 Å². The van der Waals surface area contributed by atoms with Gasteiger partial charge in [-0.25, -0.2) is 0 Å². The Morgan fingerprint density at radius 1 is 1.29 bits per heavy atom. The highest BCUT2D eigenvalue weighted by atomic mass is 16.3. The first-order chi connectivity index (χ1) is 6.72. The van der Waals surface area contributed by atoms with Gasteiger partial charge in [-0.1, -0.05) is 13.3 Å². The maximum absolute atomic E-state index is 9.75. The fourth-order valence-corrected chi connectivity index (χ4v) is 5.96. The summed E-state index contributed by atoms with van der Waals surface area (Å²) < 4.78 is 0. The van der Waals surface area contributed by atoms with Gasteiger partial charge in [-0.2, -0.15) is 0 Å². The molecule has 0 bridgehead atoms. The molecule has 4 aliphatic carbocycles. The lowest BCUT2D eigenvalue weighted by Crippen LogP contribution is -2.56. The lowest BCUT2D eigenvalue weighted by molar-refractivity contribution is -0.144. The third-order valence-electron chi connectivity index (χ3n) is 6.45. The van der Waals surface area contributed by atoms with Crippen molar-refractivity contribution < 1.29 is 5.11 Å². The summed E-state index contributed by atoms with van der Waals surface area (Å²) in [4.78, 5) is 0. The molecule has 4 rings (SSSR count). The predicted molar refractivity (Wildman–Crippen MR) is 54.7 cm³/mol. The second-order valence-corrected chi connectivity index (χ2v) is 6.68. The zero-order valence-corrected chi connectivity index (χ0v) is 9.00. The second kappa shape index (κ2) is 2.07. The van der Waals surface area contributed by atoms with E-state index in [4.69, 9.17) is 0 Å². The molecule has 1 nitrogen and oxygen atoms in total. The SMILES string of the molecule is C[C@@]12C[C@@H]1C[C@@]1(CO)[C@@H]3CCC[C@@H]3[C@@H]21. The molecule has 1 N–H and O–H groups in total. The summed E-state index contributed by atoms with van der Waals surface area (Å²) >= 11 is 0. The molecule has 0 radical (unpaired) electrons. The molecule has 6 atom stereocenters. The number of hydrogen-bond donors (Lipinski definition) is 1. The largest absolute Gasteiger partial charge is 0.396 e. The molecule has 4 aliphatic rings. The van der Waals surface area contributed by atoms with Crippen molar-refractivity contribution in [3.8, 4) is 0 Å². The first-order valence-electron chi connectivity index (χ1n) is 6.33. The van der Waals surface area contributed by atoms with E-state index < -0.39 is 0 Å². The zero-order valence-electron chi connectivity index (χ0n) is 9.00. The van der Waals surface area contributed by atoms with Gasteiger partial charge in [0.2, 0.25) is 0 Å². The molecule has 0 aliphatic heterocycles. The summed E-state index contributed by atoms with van der Waals surface area (Å²) in [6, 6.07) is 0. The highest BCUT2D eigenvalue weighted by Crippen LogP contribution is 2.83. The Labute approximate surface area is 85.9 Å². The molecule has 1 heteroatoms. The van der Waals surface area contributed by atoms with Crippen LogP contribution in [0.3, 0.4) is 0 Å². The van der Waals surface area contributed by atoms with Crippen LogP contribution in [0.4, 0.5) is 0 Å². The number of aliphatic hydroxyl groups excluding tert-OH is 1. The van der Waals surface area contributed by atoms with E-state index in [1.807, 2.05) is 0 Å². The molecule has 78 valence electrons. The van der Waals surface area contributed by atoms with Gasteiger partial charge in [0.25, 0.3) is 0 Å². The summed E-state index contributed by atoms with van der Waals surface area (Å²) in [7, 11) is 0. The normalized spacial score (nSPS) is 68.1. The zero-order chi connectivity index (χ0) is 9.55. The minimum Gasteiger partial charge on any atom is -0.396 e. The Balaban J connectivity index is 1.76. The van der Waals surface area contributed by atoms with Crippen LogP contribution < -0.4 is 0 Å². The maximum atomic E-state index is 9.75. The molecule has 0 aromatic carbocycles. The Bertz CT molecular complexity index is 300. The van der Waals surface area contributed by atoms with E-state index >= 15 is 0 Å². The third-order valence-corrected chi connectivity index (χ3v) is 6.45. The standard InChI is InChI=1S/C13H20O/c1-12-5-8(12)6-13(7-14)10-4-2-3-9(10)11(12)13/h8-11,14H,2-7H2,1H3/t8-,9+,10-,11+,12-,13-/m1/s1. The van der Waals surface area contributed by atoms with E-state index in [-0.39, 0.29) is 0 Å². The van der Waals surface area contributed by atoms with Crippen LogP contribution in [-0.2, 0) is 0 Å². The van der Waals surface area contributed by atoms with Crippen molar-refractivity contribution in [2.75, 3.05) is 6.61 Å². The van der Waals surface area contributed by atoms with Gasteiger partial charge < -0.3 is 5.11 Å². The second-order valence-electron chi connectivity index (χ2n) is 6.68. The average Bonchev–Trinajstić information content (AvgIpc) is 2.58. The van der Waals surface area contributed by atoms with Crippen LogP contribution >= 0.6 is 0 Å². The molecule has 14 heavy (non-hydrogen) atoms. The Morgan fingerprint density at radius 2 is 2.14 bits per heavy atom. The van der Waals surface area contributed by atoms with Gasteiger partial charge in [-0.05, 0) is 54.8 Å². The fourth-order valence-electron chi connectivity index (χ4n) is 5.96. The van der Waals surface area contributed by atoms with Crippen LogP contribution in [0.1, 0.15) is 39.0 Å². The monoisotopic (exact) mass is 192 g/mol. The molecule has 4 fully saturated rings.